The van der Waals surface area contributed by atoms with Gasteiger partial charge in [-0.25, -0.2) is 0 Å². The van der Waals surface area contributed by atoms with Gasteiger partial charge in [-0.1, -0.05) is 0 Å². The first-order valence-electron chi connectivity index (χ1n) is 4.77. The second-order valence-corrected chi connectivity index (χ2v) is 5.24. The highest BCUT2D eigenvalue weighted by Gasteiger charge is 2.48. The van der Waals surface area contributed by atoms with Crippen LogP contribution in [0.2, 0.25) is 0 Å². The molecule has 1 saturated heterocycles. The van der Waals surface area contributed by atoms with Crippen molar-refractivity contribution in [1.29, 1.82) is 0 Å². The Morgan fingerprint density at radius 2 is 2.31 bits per heavy atom. The third-order valence-corrected chi connectivity index (χ3v) is 4.13. The van der Waals surface area contributed by atoms with Gasteiger partial charge in [0.05, 0.1) is 5.54 Å². The van der Waals surface area contributed by atoms with Gasteiger partial charge in [-0.05, 0) is 25.0 Å². The van der Waals surface area contributed by atoms with Crippen LogP contribution in [-0.2, 0) is 4.79 Å². The zero-order valence-electron chi connectivity index (χ0n) is 7.95. The quantitative estimate of drug-likeness (QED) is 0.703. The molecule has 1 unspecified atom stereocenters. The number of amides is 1. The number of carbonyl (C=O) groups is 1. The summed E-state index contributed by atoms with van der Waals surface area (Å²) in [5.41, 5.74) is 5.38. The molecule has 2 aliphatic rings. The molecule has 0 aromatic carbocycles. The first-order chi connectivity index (χ1) is 6.13. The fraction of sp³-hybridized carbons (Fsp3) is 0.889. The molecule has 0 radical (unpaired) electrons. The van der Waals surface area contributed by atoms with Gasteiger partial charge in [-0.3, -0.25) is 4.79 Å². The fourth-order valence-electron chi connectivity index (χ4n) is 1.69. The third kappa shape index (κ3) is 1.70. The summed E-state index contributed by atoms with van der Waals surface area (Å²) in [5, 5.41) is 0. The number of rotatable bonds is 2. The highest BCUT2D eigenvalue weighted by molar-refractivity contribution is 7.99. The second kappa shape index (κ2) is 3.17. The number of thioether (sulfide) groups is 1. The highest BCUT2D eigenvalue weighted by Crippen LogP contribution is 2.35. The number of nitrogens with zero attached hydrogens (tertiary/aromatic N) is 1. The topological polar surface area (TPSA) is 46.3 Å². The van der Waals surface area contributed by atoms with Crippen LogP contribution in [0.25, 0.3) is 0 Å². The van der Waals surface area contributed by atoms with E-state index >= 15 is 0 Å². The van der Waals surface area contributed by atoms with E-state index in [1.807, 2.05) is 23.7 Å². The molecular weight excluding hydrogens is 184 g/mol. The minimum atomic E-state index is -0.484. The van der Waals surface area contributed by atoms with Gasteiger partial charge in [0.25, 0.3) is 0 Å². The molecule has 2 rings (SSSR count). The van der Waals surface area contributed by atoms with E-state index in [4.69, 9.17) is 5.73 Å². The summed E-state index contributed by atoms with van der Waals surface area (Å²) >= 11 is 1.92. The van der Waals surface area contributed by atoms with E-state index in [2.05, 4.69) is 0 Å². The van der Waals surface area contributed by atoms with Gasteiger partial charge in [0.15, 0.2) is 0 Å². The van der Waals surface area contributed by atoms with Gasteiger partial charge in [-0.2, -0.15) is 11.8 Å². The Bertz CT molecular complexity index is 222. The molecule has 0 spiro atoms. The molecule has 2 N–H and O–H groups in total. The largest absolute Gasteiger partial charge is 0.340 e. The van der Waals surface area contributed by atoms with Crippen molar-refractivity contribution in [3.05, 3.63) is 0 Å². The van der Waals surface area contributed by atoms with Gasteiger partial charge in [0, 0.05) is 18.8 Å². The Morgan fingerprint density at radius 3 is 2.77 bits per heavy atom. The molecular formula is C9H16N2OS. The van der Waals surface area contributed by atoms with Crippen molar-refractivity contribution in [2.75, 3.05) is 18.6 Å². The van der Waals surface area contributed by atoms with Crippen LogP contribution in [0.4, 0.5) is 0 Å². The first kappa shape index (κ1) is 9.34. The van der Waals surface area contributed by atoms with Crippen molar-refractivity contribution in [2.45, 2.75) is 30.8 Å². The number of carbonyl (C=O) groups excluding carboxylic acids is 1. The normalized spacial score (nSPS) is 30.2. The average Bonchev–Trinajstić information content (AvgIpc) is 2.71. The number of hydrogen-bond donors (Lipinski definition) is 1. The van der Waals surface area contributed by atoms with Gasteiger partial charge in [0.2, 0.25) is 5.91 Å². The van der Waals surface area contributed by atoms with E-state index in [0.29, 0.717) is 6.04 Å². The van der Waals surface area contributed by atoms with E-state index < -0.39 is 5.54 Å². The van der Waals surface area contributed by atoms with Crippen molar-refractivity contribution < 1.29 is 4.79 Å². The van der Waals surface area contributed by atoms with Crippen LogP contribution in [0.1, 0.15) is 19.3 Å². The zero-order chi connectivity index (χ0) is 9.47. The van der Waals surface area contributed by atoms with Crippen molar-refractivity contribution in [3.8, 4) is 0 Å². The van der Waals surface area contributed by atoms with Crippen LogP contribution in [0.3, 0.4) is 0 Å². The molecule has 1 heterocycles. The molecule has 1 aliphatic carbocycles. The molecule has 2 fully saturated rings. The summed E-state index contributed by atoms with van der Waals surface area (Å²) in [6.45, 7) is 0. The molecule has 74 valence electrons. The maximum Gasteiger partial charge on any atom is 0.242 e. The van der Waals surface area contributed by atoms with Crippen molar-refractivity contribution in [2.24, 2.45) is 5.73 Å². The molecule has 13 heavy (non-hydrogen) atoms. The second-order valence-electron chi connectivity index (χ2n) is 4.09. The average molecular weight is 200 g/mol. The van der Waals surface area contributed by atoms with Crippen LogP contribution in [0, 0.1) is 0 Å². The van der Waals surface area contributed by atoms with Crippen molar-refractivity contribution in [3.63, 3.8) is 0 Å². The van der Waals surface area contributed by atoms with Gasteiger partial charge in [0.1, 0.15) is 0 Å². The van der Waals surface area contributed by atoms with Crippen LogP contribution in [0.5, 0.6) is 0 Å². The van der Waals surface area contributed by atoms with Gasteiger partial charge in [-0.15, -0.1) is 0 Å². The molecule has 3 nitrogen and oxygen atoms in total. The first-order valence-corrected chi connectivity index (χ1v) is 5.93. The van der Waals surface area contributed by atoms with Crippen LogP contribution in [-0.4, -0.2) is 40.9 Å². The molecule has 0 aromatic rings. The molecule has 1 saturated carbocycles. The SMILES string of the molecule is CN(C(=O)C1(N)CC1)C1CCSC1. The highest BCUT2D eigenvalue weighted by atomic mass is 32.2. The standard InChI is InChI=1S/C9H16N2OS/c1-11(7-2-5-13-6-7)8(12)9(10)3-4-9/h7H,2-6,10H2,1H3. The summed E-state index contributed by atoms with van der Waals surface area (Å²) < 4.78 is 0. The minimum Gasteiger partial charge on any atom is -0.340 e. The lowest BCUT2D eigenvalue weighted by Crippen LogP contribution is -2.48. The van der Waals surface area contributed by atoms with Crippen molar-refractivity contribution in [1.82, 2.24) is 4.90 Å². The summed E-state index contributed by atoms with van der Waals surface area (Å²) in [6, 6.07) is 0.429. The number of likely N-dealkylation sites (N-methyl/N-ethyl adjacent to an activating group) is 1. The molecule has 1 atom stereocenters. The maximum absolute atomic E-state index is 11.8. The minimum absolute atomic E-state index is 0.153. The lowest BCUT2D eigenvalue weighted by atomic mass is 10.2. The van der Waals surface area contributed by atoms with Crippen LogP contribution >= 0.6 is 11.8 Å². The Balaban J connectivity index is 1.95. The van der Waals surface area contributed by atoms with E-state index in [0.717, 1.165) is 25.0 Å². The Kier molecular flexibility index (Phi) is 2.28. The van der Waals surface area contributed by atoms with Crippen LogP contribution in [0.15, 0.2) is 0 Å². The van der Waals surface area contributed by atoms with Crippen molar-refractivity contribution >= 4 is 17.7 Å². The number of hydrogen-bond acceptors (Lipinski definition) is 3. The predicted octanol–water partition coefficient (Wildman–Crippen LogP) is 0.442. The lowest BCUT2D eigenvalue weighted by Gasteiger charge is -2.26. The zero-order valence-corrected chi connectivity index (χ0v) is 8.77. The van der Waals surface area contributed by atoms with E-state index in [1.165, 1.54) is 5.75 Å². The van der Waals surface area contributed by atoms with Crippen LogP contribution < -0.4 is 5.73 Å². The lowest BCUT2D eigenvalue weighted by molar-refractivity contribution is -0.133. The van der Waals surface area contributed by atoms with E-state index in [9.17, 15) is 4.79 Å². The fourth-order valence-corrected chi connectivity index (χ4v) is 2.96. The summed E-state index contributed by atoms with van der Waals surface area (Å²) in [4.78, 5) is 13.7. The Morgan fingerprint density at radius 1 is 1.62 bits per heavy atom. The molecule has 0 aromatic heterocycles. The third-order valence-electron chi connectivity index (χ3n) is 2.99. The maximum atomic E-state index is 11.8. The smallest absolute Gasteiger partial charge is 0.242 e. The van der Waals surface area contributed by atoms with Gasteiger partial charge < -0.3 is 10.6 Å². The van der Waals surface area contributed by atoms with E-state index in [-0.39, 0.29) is 5.91 Å². The molecule has 4 heteroatoms. The summed E-state index contributed by atoms with van der Waals surface area (Å²) in [7, 11) is 1.89. The predicted molar refractivity (Wildman–Crippen MR) is 54.7 cm³/mol. The van der Waals surface area contributed by atoms with E-state index in [1.54, 1.807) is 0 Å². The summed E-state index contributed by atoms with van der Waals surface area (Å²) in [5.74, 6) is 2.41. The molecule has 0 bridgehead atoms. The number of nitrogens with two attached hydrogens (primary N) is 1. The van der Waals surface area contributed by atoms with Gasteiger partial charge >= 0.3 is 0 Å². The Hall–Kier alpha value is -0.220. The summed E-state index contributed by atoms with van der Waals surface area (Å²) in [6.07, 6.45) is 2.87. The monoisotopic (exact) mass is 200 g/mol. The molecule has 1 aliphatic heterocycles. The molecule has 1 amide bonds. The Labute approximate surface area is 83.0 Å².